The van der Waals surface area contributed by atoms with Crippen LogP contribution in [0, 0.1) is 5.82 Å². The lowest BCUT2D eigenvalue weighted by atomic mass is 10.2. The molecule has 0 unspecified atom stereocenters. The van der Waals surface area contributed by atoms with E-state index in [9.17, 15) is 22.4 Å². The monoisotopic (exact) mass is 441 g/mol. The van der Waals surface area contributed by atoms with Crippen molar-refractivity contribution in [2.75, 3.05) is 11.9 Å². The molecule has 0 aliphatic heterocycles. The predicted octanol–water partition coefficient (Wildman–Crippen LogP) is 2.75. The van der Waals surface area contributed by atoms with Gasteiger partial charge in [-0.1, -0.05) is 30.3 Å². The molecule has 2 amide bonds. The van der Waals surface area contributed by atoms with E-state index in [0.717, 1.165) is 4.31 Å². The van der Waals surface area contributed by atoms with Gasteiger partial charge in [-0.15, -0.1) is 0 Å². The molecule has 3 aromatic carbocycles. The second kappa shape index (κ2) is 9.50. The number of sulfonamides is 1. The molecule has 7 nitrogen and oxygen atoms in total. The van der Waals surface area contributed by atoms with Gasteiger partial charge in [0.25, 0.3) is 0 Å². The van der Waals surface area contributed by atoms with Crippen LogP contribution in [0.5, 0.6) is 0 Å². The number of halogens is 1. The fourth-order valence-corrected chi connectivity index (χ4v) is 4.24. The lowest BCUT2D eigenvalue weighted by molar-refractivity contribution is -0.116. The van der Waals surface area contributed by atoms with E-state index in [1.165, 1.54) is 60.7 Å². The van der Waals surface area contributed by atoms with Gasteiger partial charge in [-0.05, 0) is 54.1 Å². The third kappa shape index (κ3) is 5.74. The Balaban J connectivity index is 1.82. The minimum absolute atomic E-state index is 0.0377. The lowest BCUT2D eigenvalue weighted by Crippen LogP contribution is -2.37. The summed E-state index contributed by atoms with van der Waals surface area (Å²) in [6.07, 6.45) is 0. The van der Waals surface area contributed by atoms with Crippen LogP contribution >= 0.6 is 0 Å². The van der Waals surface area contributed by atoms with Crippen LogP contribution in [0.1, 0.15) is 15.9 Å². The fourth-order valence-electron chi connectivity index (χ4n) is 2.84. The highest BCUT2D eigenvalue weighted by molar-refractivity contribution is 7.89. The molecular formula is C22H20FN3O4S. The molecule has 3 N–H and O–H groups in total. The molecule has 0 aromatic heterocycles. The summed E-state index contributed by atoms with van der Waals surface area (Å²) in [5, 5.41) is 2.60. The van der Waals surface area contributed by atoms with Crippen molar-refractivity contribution in [3.63, 3.8) is 0 Å². The summed E-state index contributed by atoms with van der Waals surface area (Å²) in [5.41, 5.74) is 6.38. The first-order valence-electron chi connectivity index (χ1n) is 9.25. The van der Waals surface area contributed by atoms with Crippen molar-refractivity contribution in [1.29, 1.82) is 0 Å². The summed E-state index contributed by atoms with van der Waals surface area (Å²) >= 11 is 0. The Morgan fingerprint density at radius 3 is 2.10 bits per heavy atom. The van der Waals surface area contributed by atoms with Crippen LogP contribution in [-0.2, 0) is 21.4 Å². The molecule has 0 saturated carbocycles. The van der Waals surface area contributed by atoms with Crippen LogP contribution in [0.15, 0.2) is 83.8 Å². The first kappa shape index (κ1) is 22.1. The Bertz CT molecular complexity index is 1170. The molecule has 0 aliphatic carbocycles. The molecule has 0 saturated heterocycles. The highest BCUT2D eigenvalue weighted by Gasteiger charge is 2.27. The first-order chi connectivity index (χ1) is 14.8. The quantitative estimate of drug-likeness (QED) is 0.560. The van der Waals surface area contributed by atoms with Crippen LogP contribution in [0.25, 0.3) is 0 Å². The van der Waals surface area contributed by atoms with E-state index >= 15 is 0 Å². The van der Waals surface area contributed by atoms with Gasteiger partial charge in [-0.3, -0.25) is 9.59 Å². The molecule has 0 bridgehead atoms. The summed E-state index contributed by atoms with van der Waals surface area (Å²) in [5.74, 6) is -1.62. The molecule has 0 heterocycles. The standard InChI is InChI=1S/C22H20FN3O4S/c23-18-10-6-16(7-11-18)14-26(31(29,30)20-4-2-1-3-5-20)15-21(27)25-19-12-8-17(9-13-19)22(24)28/h1-13H,14-15H2,(H2,24,28)(H,25,27). The molecule has 31 heavy (non-hydrogen) atoms. The third-order valence-electron chi connectivity index (χ3n) is 4.43. The van der Waals surface area contributed by atoms with Gasteiger partial charge in [-0.25, -0.2) is 12.8 Å². The van der Waals surface area contributed by atoms with E-state index in [2.05, 4.69) is 5.32 Å². The van der Waals surface area contributed by atoms with Crippen LogP contribution in [0.3, 0.4) is 0 Å². The number of carbonyl (C=O) groups excluding carboxylic acids is 2. The number of nitrogens with zero attached hydrogens (tertiary/aromatic N) is 1. The predicted molar refractivity (Wildman–Crippen MR) is 114 cm³/mol. The van der Waals surface area contributed by atoms with Gasteiger partial charge in [0, 0.05) is 17.8 Å². The van der Waals surface area contributed by atoms with E-state index in [4.69, 9.17) is 5.73 Å². The lowest BCUT2D eigenvalue weighted by Gasteiger charge is -2.22. The number of nitrogens with one attached hydrogen (secondary N) is 1. The third-order valence-corrected chi connectivity index (χ3v) is 6.23. The molecule has 0 aliphatic rings. The molecule has 0 spiro atoms. The highest BCUT2D eigenvalue weighted by atomic mass is 32.2. The van der Waals surface area contributed by atoms with Gasteiger partial charge in [0.2, 0.25) is 21.8 Å². The van der Waals surface area contributed by atoms with Crippen molar-refractivity contribution >= 4 is 27.5 Å². The number of rotatable bonds is 8. The number of nitrogens with two attached hydrogens (primary N) is 1. The number of anilines is 1. The van der Waals surface area contributed by atoms with E-state index in [-0.39, 0.29) is 17.0 Å². The topological polar surface area (TPSA) is 110 Å². The summed E-state index contributed by atoms with van der Waals surface area (Å²) in [6, 6.07) is 19.0. The smallest absolute Gasteiger partial charge is 0.248 e. The van der Waals surface area contributed by atoms with Crippen molar-refractivity contribution in [3.8, 4) is 0 Å². The van der Waals surface area contributed by atoms with E-state index < -0.39 is 34.2 Å². The highest BCUT2D eigenvalue weighted by Crippen LogP contribution is 2.19. The van der Waals surface area contributed by atoms with Gasteiger partial charge in [0.15, 0.2) is 0 Å². The Morgan fingerprint density at radius 2 is 1.52 bits per heavy atom. The zero-order valence-corrected chi connectivity index (χ0v) is 17.2. The second-order valence-corrected chi connectivity index (χ2v) is 8.64. The van der Waals surface area contributed by atoms with Crippen molar-refractivity contribution < 1.29 is 22.4 Å². The minimum Gasteiger partial charge on any atom is -0.366 e. The molecular weight excluding hydrogens is 421 g/mol. The summed E-state index contributed by atoms with van der Waals surface area (Å²) in [4.78, 5) is 23.8. The largest absolute Gasteiger partial charge is 0.366 e. The zero-order chi connectivity index (χ0) is 22.4. The molecule has 0 atom stereocenters. The average Bonchev–Trinajstić information content (AvgIpc) is 2.75. The molecule has 9 heteroatoms. The fraction of sp³-hybridized carbons (Fsp3) is 0.0909. The number of carbonyl (C=O) groups is 2. The molecule has 160 valence electrons. The normalized spacial score (nSPS) is 11.3. The van der Waals surface area contributed by atoms with Crippen LogP contribution < -0.4 is 11.1 Å². The number of hydrogen-bond donors (Lipinski definition) is 2. The number of primary amides is 1. The number of amides is 2. The summed E-state index contributed by atoms with van der Waals surface area (Å²) in [6.45, 7) is -0.586. The van der Waals surface area contributed by atoms with Crippen LogP contribution in [0.4, 0.5) is 10.1 Å². The summed E-state index contributed by atoms with van der Waals surface area (Å²) < 4.78 is 40.5. The maximum Gasteiger partial charge on any atom is 0.248 e. The van der Waals surface area contributed by atoms with Crippen molar-refractivity contribution in [1.82, 2.24) is 4.31 Å². The van der Waals surface area contributed by atoms with Gasteiger partial charge in [0.1, 0.15) is 5.82 Å². The Labute approximate surface area is 179 Å². The van der Waals surface area contributed by atoms with Crippen LogP contribution in [-0.4, -0.2) is 31.1 Å². The van der Waals surface area contributed by atoms with Gasteiger partial charge < -0.3 is 11.1 Å². The van der Waals surface area contributed by atoms with Gasteiger partial charge in [-0.2, -0.15) is 4.31 Å². The maximum atomic E-state index is 13.2. The second-order valence-electron chi connectivity index (χ2n) is 6.70. The molecule has 3 rings (SSSR count). The van der Waals surface area contributed by atoms with Crippen LogP contribution in [0.2, 0.25) is 0 Å². The molecule has 0 radical (unpaired) electrons. The Kier molecular flexibility index (Phi) is 6.78. The van der Waals surface area contributed by atoms with Gasteiger partial charge >= 0.3 is 0 Å². The minimum atomic E-state index is -4.00. The maximum absolute atomic E-state index is 13.2. The SMILES string of the molecule is NC(=O)c1ccc(NC(=O)CN(Cc2ccc(F)cc2)S(=O)(=O)c2ccccc2)cc1. The average molecular weight is 441 g/mol. The van der Waals surface area contributed by atoms with Crippen molar-refractivity contribution in [3.05, 3.63) is 95.8 Å². The number of hydrogen-bond acceptors (Lipinski definition) is 4. The molecule has 3 aromatic rings. The van der Waals surface area contributed by atoms with E-state index in [1.807, 2.05) is 0 Å². The summed E-state index contributed by atoms with van der Waals surface area (Å²) in [7, 11) is -4.00. The van der Waals surface area contributed by atoms with Gasteiger partial charge in [0.05, 0.1) is 11.4 Å². The Morgan fingerprint density at radius 1 is 0.903 bits per heavy atom. The van der Waals surface area contributed by atoms with E-state index in [1.54, 1.807) is 18.2 Å². The van der Waals surface area contributed by atoms with Crippen molar-refractivity contribution in [2.45, 2.75) is 11.4 Å². The van der Waals surface area contributed by atoms with E-state index in [0.29, 0.717) is 11.3 Å². The van der Waals surface area contributed by atoms with Crippen molar-refractivity contribution in [2.24, 2.45) is 5.73 Å². The Hall–Kier alpha value is -3.56. The number of benzene rings is 3. The first-order valence-corrected chi connectivity index (χ1v) is 10.7. The molecule has 0 fully saturated rings. The zero-order valence-electron chi connectivity index (χ0n) is 16.4.